The molecular formula is C18H24O3. The molecule has 3 heteroatoms. The fraction of sp³-hybridized carbons (Fsp3) is 0.500. The minimum atomic E-state index is -0.326. The Labute approximate surface area is 125 Å². The zero-order valence-corrected chi connectivity index (χ0v) is 12.9. The minimum Gasteiger partial charge on any atom is -0.490 e. The third-order valence-corrected chi connectivity index (χ3v) is 3.66. The summed E-state index contributed by atoms with van der Waals surface area (Å²) in [7, 11) is 0. The van der Waals surface area contributed by atoms with Crippen molar-refractivity contribution in [2.75, 3.05) is 0 Å². The maximum Gasteiger partial charge on any atom is 0.336 e. The Bertz CT molecular complexity index is 607. The molecule has 0 saturated carbocycles. The first-order valence-electron chi connectivity index (χ1n) is 7.93. The van der Waals surface area contributed by atoms with E-state index in [4.69, 9.17) is 9.15 Å². The first kappa shape index (κ1) is 15.6. The van der Waals surface area contributed by atoms with E-state index in [-0.39, 0.29) is 11.7 Å². The largest absolute Gasteiger partial charge is 0.490 e. The number of benzene rings is 1. The molecule has 0 unspecified atom stereocenters. The van der Waals surface area contributed by atoms with Crippen LogP contribution in [-0.2, 0) is 0 Å². The van der Waals surface area contributed by atoms with Crippen LogP contribution in [0.2, 0.25) is 0 Å². The summed E-state index contributed by atoms with van der Waals surface area (Å²) in [5.74, 6) is 0.786. The van der Waals surface area contributed by atoms with E-state index in [1.807, 2.05) is 18.2 Å². The van der Waals surface area contributed by atoms with Crippen LogP contribution in [0.4, 0.5) is 0 Å². The molecule has 1 heterocycles. The summed E-state index contributed by atoms with van der Waals surface area (Å²) in [4.78, 5) is 11.3. The van der Waals surface area contributed by atoms with Crippen molar-refractivity contribution in [1.29, 1.82) is 0 Å². The van der Waals surface area contributed by atoms with Gasteiger partial charge in [0.25, 0.3) is 0 Å². The molecule has 0 saturated heterocycles. The van der Waals surface area contributed by atoms with Gasteiger partial charge < -0.3 is 9.15 Å². The van der Waals surface area contributed by atoms with Crippen LogP contribution < -0.4 is 10.4 Å². The number of ether oxygens (including phenoxy) is 1. The Kier molecular flexibility index (Phi) is 5.85. The van der Waals surface area contributed by atoms with Gasteiger partial charge in [-0.3, -0.25) is 0 Å². The molecule has 0 bridgehead atoms. The van der Waals surface area contributed by atoms with Gasteiger partial charge in [0.15, 0.2) is 0 Å². The molecule has 0 aliphatic heterocycles. The molecule has 0 spiro atoms. The minimum absolute atomic E-state index is 0.248. The van der Waals surface area contributed by atoms with Gasteiger partial charge in [-0.15, -0.1) is 0 Å². The first-order valence-corrected chi connectivity index (χ1v) is 7.93. The van der Waals surface area contributed by atoms with Crippen LogP contribution in [0.1, 0.15) is 52.4 Å². The summed E-state index contributed by atoms with van der Waals surface area (Å²) in [6.07, 6.45) is 7.11. The van der Waals surface area contributed by atoms with Gasteiger partial charge in [-0.2, -0.15) is 0 Å². The summed E-state index contributed by atoms with van der Waals surface area (Å²) < 4.78 is 11.3. The first-order chi connectivity index (χ1) is 10.2. The van der Waals surface area contributed by atoms with E-state index in [1.165, 1.54) is 31.7 Å². The molecule has 0 atom stereocenters. The predicted molar refractivity (Wildman–Crippen MR) is 86.0 cm³/mol. The van der Waals surface area contributed by atoms with Crippen molar-refractivity contribution < 1.29 is 9.15 Å². The van der Waals surface area contributed by atoms with E-state index in [1.54, 1.807) is 6.07 Å². The highest BCUT2D eigenvalue weighted by Gasteiger charge is 2.10. The molecule has 0 aliphatic carbocycles. The summed E-state index contributed by atoms with van der Waals surface area (Å²) in [6, 6.07) is 8.92. The molecule has 0 radical (unpaired) electrons. The molecule has 0 amide bonds. The smallest absolute Gasteiger partial charge is 0.336 e. The number of hydrogen-bond acceptors (Lipinski definition) is 3. The molecule has 1 aromatic heterocycles. The van der Waals surface area contributed by atoms with E-state index in [0.29, 0.717) is 5.58 Å². The Morgan fingerprint density at radius 1 is 1.05 bits per heavy atom. The Morgan fingerprint density at radius 2 is 1.71 bits per heavy atom. The normalized spacial score (nSPS) is 11.2. The molecule has 3 nitrogen and oxygen atoms in total. The Balaban J connectivity index is 2.13. The number of unbranched alkanes of at least 4 members (excludes halogenated alkanes) is 2. The van der Waals surface area contributed by atoms with Crippen molar-refractivity contribution in [2.24, 2.45) is 0 Å². The maximum atomic E-state index is 11.3. The zero-order valence-electron chi connectivity index (χ0n) is 12.9. The number of fused-ring (bicyclic) bond motifs is 1. The van der Waals surface area contributed by atoms with E-state index in [2.05, 4.69) is 13.8 Å². The summed E-state index contributed by atoms with van der Waals surface area (Å²) >= 11 is 0. The van der Waals surface area contributed by atoms with Crippen molar-refractivity contribution in [3.8, 4) is 5.75 Å². The van der Waals surface area contributed by atoms with E-state index >= 15 is 0 Å². The molecule has 1 aromatic carbocycles. The highest BCUT2D eigenvalue weighted by atomic mass is 16.5. The van der Waals surface area contributed by atoms with E-state index in [9.17, 15) is 4.79 Å². The van der Waals surface area contributed by atoms with Crippen molar-refractivity contribution in [2.45, 2.75) is 58.5 Å². The molecule has 0 aliphatic rings. The highest BCUT2D eigenvalue weighted by molar-refractivity contribution is 5.77. The van der Waals surface area contributed by atoms with Gasteiger partial charge in [0.2, 0.25) is 0 Å². The van der Waals surface area contributed by atoms with Gasteiger partial charge in [0, 0.05) is 17.5 Å². The maximum absolute atomic E-state index is 11.3. The van der Waals surface area contributed by atoms with Gasteiger partial charge in [-0.25, -0.2) is 4.79 Å². The molecular weight excluding hydrogens is 264 g/mol. The van der Waals surface area contributed by atoms with Gasteiger partial charge in [0.05, 0.1) is 6.10 Å². The average molecular weight is 288 g/mol. The number of hydrogen-bond donors (Lipinski definition) is 0. The summed E-state index contributed by atoms with van der Waals surface area (Å²) in [5, 5.41) is 0.917. The van der Waals surface area contributed by atoms with Gasteiger partial charge in [0.1, 0.15) is 11.3 Å². The third kappa shape index (κ3) is 4.62. The lowest BCUT2D eigenvalue weighted by Gasteiger charge is -2.19. The quantitative estimate of drug-likeness (QED) is 0.647. The SMILES string of the molecule is CCCCC(CCCC)Oc1ccc2ccc(=O)oc2c1. The van der Waals surface area contributed by atoms with Gasteiger partial charge >= 0.3 is 5.63 Å². The molecule has 0 fully saturated rings. The van der Waals surface area contributed by atoms with Crippen LogP contribution in [-0.4, -0.2) is 6.10 Å². The van der Waals surface area contributed by atoms with E-state index < -0.39 is 0 Å². The van der Waals surface area contributed by atoms with Crippen LogP contribution in [0.25, 0.3) is 11.0 Å². The third-order valence-electron chi connectivity index (χ3n) is 3.66. The summed E-state index contributed by atoms with van der Waals surface area (Å²) in [5.41, 5.74) is 0.262. The average Bonchev–Trinajstić information content (AvgIpc) is 2.49. The lowest BCUT2D eigenvalue weighted by atomic mass is 10.1. The van der Waals surface area contributed by atoms with Crippen molar-refractivity contribution in [3.05, 3.63) is 40.8 Å². The standard InChI is InChI=1S/C18H24O3/c1-3-5-7-15(8-6-4-2)20-16-11-9-14-10-12-18(19)21-17(14)13-16/h9-13,15H,3-8H2,1-2H3. The van der Waals surface area contributed by atoms with Gasteiger partial charge in [-0.05, 0) is 31.0 Å². The van der Waals surface area contributed by atoms with Crippen LogP contribution in [0.3, 0.4) is 0 Å². The second kappa shape index (κ2) is 7.87. The lowest BCUT2D eigenvalue weighted by molar-refractivity contribution is 0.174. The zero-order chi connectivity index (χ0) is 15.1. The highest BCUT2D eigenvalue weighted by Crippen LogP contribution is 2.23. The predicted octanol–water partition coefficient (Wildman–Crippen LogP) is 4.92. The number of rotatable bonds is 8. The van der Waals surface area contributed by atoms with Crippen LogP contribution in [0.5, 0.6) is 5.75 Å². The molecule has 21 heavy (non-hydrogen) atoms. The molecule has 2 aromatic rings. The second-order valence-electron chi connectivity index (χ2n) is 5.48. The Morgan fingerprint density at radius 3 is 2.38 bits per heavy atom. The fourth-order valence-corrected chi connectivity index (χ4v) is 2.43. The Hall–Kier alpha value is -1.77. The van der Waals surface area contributed by atoms with Gasteiger partial charge in [-0.1, -0.05) is 39.5 Å². The van der Waals surface area contributed by atoms with Crippen molar-refractivity contribution in [3.63, 3.8) is 0 Å². The lowest BCUT2D eigenvalue weighted by Crippen LogP contribution is -2.16. The van der Waals surface area contributed by atoms with E-state index in [0.717, 1.165) is 24.0 Å². The van der Waals surface area contributed by atoms with Crippen LogP contribution in [0, 0.1) is 0 Å². The monoisotopic (exact) mass is 288 g/mol. The summed E-state index contributed by atoms with van der Waals surface area (Å²) in [6.45, 7) is 4.39. The topological polar surface area (TPSA) is 39.4 Å². The molecule has 114 valence electrons. The van der Waals surface area contributed by atoms with Crippen molar-refractivity contribution >= 4 is 11.0 Å². The molecule has 2 rings (SSSR count). The molecule has 0 N–H and O–H groups in total. The van der Waals surface area contributed by atoms with Crippen LogP contribution in [0.15, 0.2) is 39.5 Å². The second-order valence-corrected chi connectivity index (χ2v) is 5.48. The van der Waals surface area contributed by atoms with Crippen LogP contribution >= 0.6 is 0 Å². The fourth-order valence-electron chi connectivity index (χ4n) is 2.43. The van der Waals surface area contributed by atoms with Crippen molar-refractivity contribution in [1.82, 2.24) is 0 Å².